The Kier molecular flexibility index (Phi) is 10.4. The van der Waals surface area contributed by atoms with Gasteiger partial charge < -0.3 is 19.3 Å². The highest BCUT2D eigenvalue weighted by atomic mass is 16.5. The zero-order chi connectivity index (χ0) is 30.2. The van der Waals surface area contributed by atoms with E-state index in [1.165, 1.54) is 34.9 Å². The van der Waals surface area contributed by atoms with Crippen molar-refractivity contribution in [3.8, 4) is 22.6 Å². The number of carbonyl (C=O) groups is 2. The molecular weight excluding hydrogens is 542 g/mol. The Hall–Kier alpha value is -3.84. The summed E-state index contributed by atoms with van der Waals surface area (Å²) < 4.78 is 17.7. The van der Waals surface area contributed by atoms with Gasteiger partial charge in [0.2, 0.25) is 0 Å². The van der Waals surface area contributed by atoms with Crippen molar-refractivity contribution in [3.05, 3.63) is 82.4 Å². The van der Waals surface area contributed by atoms with Crippen molar-refractivity contribution in [2.45, 2.75) is 83.9 Å². The average molecular weight is 586 g/mol. The summed E-state index contributed by atoms with van der Waals surface area (Å²) in [5.74, 6) is 0.636. The van der Waals surface area contributed by atoms with Crippen molar-refractivity contribution >= 4 is 11.9 Å². The van der Waals surface area contributed by atoms with Crippen LogP contribution in [0.3, 0.4) is 0 Å². The minimum absolute atomic E-state index is 0.217. The lowest BCUT2D eigenvalue weighted by Gasteiger charge is -2.34. The molecule has 7 nitrogen and oxygen atoms in total. The van der Waals surface area contributed by atoms with Crippen molar-refractivity contribution in [2.24, 2.45) is 0 Å². The Morgan fingerprint density at radius 3 is 2.53 bits per heavy atom. The topological polar surface area (TPSA) is 85.3 Å². The van der Waals surface area contributed by atoms with Gasteiger partial charge in [-0.1, -0.05) is 55.0 Å². The monoisotopic (exact) mass is 585 g/mol. The molecular formula is C36H43NO6. The van der Waals surface area contributed by atoms with E-state index in [1.807, 2.05) is 12.1 Å². The van der Waals surface area contributed by atoms with Gasteiger partial charge in [-0.2, -0.15) is 0 Å². The number of benzene rings is 3. The largest absolute Gasteiger partial charge is 0.493 e. The first kappa shape index (κ1) is 30.6. The number of methoxy groups -OCH3 is 1. The molecule has 43 heavy (non-hydrogen) atoms. The fourth-order valence-corrected chi connectivity index (χ4v) is 6.47. The maximum absolute atomic E-state index is 12.1. The predicted molar refractivity (Wildman–Crippen MR) is 166 cm³/mol. The first-order valence-corrected chi connectivity index (χ1v) is 15.6. The van der Waals surface area contributed by atoms with E-state index in [2.05, 4.69) is 54.3 Å². The third-order valence-electron chi connectivity index (χ3n) is 8.87. The van der Waals surface area contributed by atoms with Crippen molar-refractivity contribution in [3.63, 3.8) is 0 Å². The number of ether oxygens (including phenoxy) is 3. The van der Waals surface area contributed by atoms with Crippen LogP contribution in [0.4, 0.5) is 0 Å². The number of carboxylic acid groups (broad SMARTS) is 1. The predicted octanol–water partition coefficient (Wildman–Crippen LogP) is 6.89. The lowest BCUT2D eigenvalue weighted by molar-refractivity contribution is -0.145. The average Bonchev–Trinajstić information content (AvgIpc) is 3.52. The summed E-state index contributed by atoms with van der Waals surface area (Å²) in [5.41, 5.74) is 8.28. The normalized spacial score (nSPS) is 16.5. The molecule has 1 heterocycles. The fraction of sp³-hybridized carbons (Fsp3) is 0.444. The van der Waals surface area contributed by atoms with Gasteiger partial charge in [-0.25, -0.2) is 0 Å². The van der Waals surface area contributed by atoms with E-state index >= 15 is 0 Å². The zero-order valence-electron chi connectivity index (χ0n) is 25.4. The molecule has 1 aliphatic carbocycles. The number of carbonyl (C=O) groups excluding carboxylic acids is 1. The van der Waals surface area contributed by atoms with Crippen molar-refractivity contribution in [2.75, 3.05) is 20.3 Å². The number of nitrogens with zero attached hydrogens (tertiary/aromatic N) is 1. The van der Waals surface area contributed by atoms with Crippen molar-refractivity contribution in [1.82, 2.24) is 4.90 Å². The summed E-state index contributed by atoms with van der Waals surface area (Å²) in [6.07, 6.45) is 7.26. The van der Waals surface area contributed by atoms with Crippen LogP contribution in [0.2, 0.25) is 0 Å². The van der Waals surface area contributed by atoms with Gasteiger partial charge in [-0.15, -0.1) is 0 Å². The summed E-state index contributed by atoms with van der Waals surface area (Å²) in [6, 6.07) is 18.3. The number of rotatable bonds is 13. The molecule has 0 unspecified atom stereocenters. The minimum Gasteiger partial charge on any atom is -0.493 e. The van der Waals surface area contributed by atoms with Crippen LogP contribution in [0.25, 0.3) is 11.1 Å². The highest BCUT2D eigenvalue weighted by Gasteiger charge is 2.32. The lowest BCUT2D eigenvalue weighted by atomic mass is 9.96. The molecule has 0 saturated carbocycles. The van der Waals surface area contributed by atoms with Crippen LogP contribution in [0.15, 0.2) is 54.6 Å². The van der Waals surface area contributed by atoms with Gasteiger partial charge in [0.1, 0.15) is 24.1 Å². The van der Waals surface area contributed by atoms with E-state index in [0.717, 1.165) is 67.7 Å². The highest BCUT2D eigenvalue weighted by Crippen LogP contribution is 2.41. The fourth-order valence-electron chi connectivity index (χ4n) is 6.47. The van der Waals surface area contributed by atoms with E-state index in [9.17, 15) is 14.7 Å². The Balaban J connectivity index is 1.41. The molecule has 5 rings (SSSR count). The first-order chi connectivity index (χ1) is 21.0. The standard InChI is InChI=1S/C36H43NO6/c1-25-27(14-10-15-28(25)26-12-4-3-5-13-26)24-43-33-22-34(42-21-9-7-19-35(38)41-2)31(29-16-11-17-30(29)33)23-37-20-8-6-18-32(37)36(39)40/h3-5,10,12-15,22,32H,6-9,11,16-21,23-24H2,1-2H3,(H,39,40)/t32-/m0/s1. The van der Waals surface area contributed by atoms with Crippen LogP contribution >= 0.6 is 0 Å². The van der Waals surface area contributed by atoms with E-state index in [-0.39, 0.29) is 5.97 Å². The Morgan fingerprint density at radius 2 is 1.74 bits per heavy atom. The number of piperidine rings is 1. The third-order valence-corrected chi connectivity index (χ3v) is 8.87. The summed E-state index contributed by atoms with van der Waals surface area (Å²) in [7, 11) is 1.40. The second-order valence-electron chi connectivity index (χ2n) is 11.6. The highest BCUT2D eigenvalue weighted by molar-refractivity contribution is 5.73. The second kappa shape index (κ2) is 14.6. The van der Waals surface area contributed by atoms with E-state index in [0.29, 0.717) is 39.0 Å². The van der Waals surface area contributed by atoms with E-state index in [1.54, 1.807) is 0 Å². The Labute approximate surface area is 254 Å². The summed E-state index contributed by atoms with van der Waals surface area (Å²) in [5, 5.41) is 9.92. The second-order valence-corrected chi connectivity index (χ2v) is 11.6. The van der Waals surface area contributed by atoms with Crippen LogP contribution in [-0.4, -0.2) is 48.2 Å². The van der Waals surface area contributed by atoms with Crippen molar-refractivity contribution < 1.29 is 28.9 Å². The van der Waals surface area contributed by atoms with Gasteiger partial charge >= 0.3 is 11.9 Å². The zero-order valence-corrected chi connectivity index (χ0v) is 25.4. The molecule has 1 fully saturated rings. The molecule has 0 bridgehead atoms. The van der Waals surface area contributed by atoms with E-state index in [4.69, 9.17) is 14.2 Å². The number of esters is 1. The van der Waals surface area contributed by atoms with Crippen LogP contribution in [0.5, 0.6) is 11.5 Å². The summed E-state index contributed by atoms with van der Waals surface area (Å²) in [6.45, 7) is 4.37. The molecule has 1 atom stereocenters. The maximum Gasteiger partial charge on any atom is 0.320 e. The molecule has 0 aromatic heterocycles. The number of hydrogen-bond acceptors (Lipinski definition) is 6. The molecule has 228 valence electrons. The Morgan fingerprint density at radius 1 is 0.930 bits per heavy atom. The quantitative estimate of drug-likeness (QED) is 0.173. The molecule has 0 radical (unpaired) electrons. The SMILES string of the molecule is COC(=O)CCCCOc1cc(OCc2cccc(-c3ccccc3)c2C)c2c(c1CN1CCCC[C@H]1C(=O)O)CCC2. The van der Waals surface area contributed by atoms with Gasteiger partial charge in [0.25, 0.3) is 0 Å². The molecule has 0 spiro atoms. The van der Waals surface area contributed by atoms with Gasteiger partial charge in [0.05, 0.1) is 13.7 Å². The number of fused-ring (bicyclic) bond motifs is 1. The van der Waals surface area contributed by atoms with Gasteiger partial charge in [0.15, 0.2) is 0 Å². The molecule has 3 aromatic rings. The van der Waals surface area contributed by atoms with Gasteiger partial charge in [-0.3, -0.25) is 14.5 Å². The number of unbranched alkanes of at least 4 members (excludes halogenated alkanes) is 1. The third kappa shape index (κ3) is 7.39. The molecule has 3 aromatic carbocycles. The van der Waals surface area contributed by atoms with Crippen LogP contribution in [-0.2, 0) is 40.3 Å². The molecule has 0 amide bonds. The number of likely N-dealkylation sites (tertiary alicyclic amines) is 1. The molecule has 1 aliphatic heterocycles. The molecule has 1 saturated heterocycles. The number of hydrogen-bond donors (Lipinski definition) is 1. The lowest BCUT2D eigenvalue weighted by Crippen LogP contribution is -2.44. The van der Waals surface area contributed by atoms with Gasteiger partial charge in [0, 0.05) is 24.6 Å². The molecule has 7 heteroatoms. The van der Waals surface area contributed by atoms with Crippen LogP contribution in [0.1, 0.15) is 72.8 Å². The van der Waals surface area contributed by atoms with E-state index < -0.39 is 12.0 Å². The Bertz CT molecular complexity index is 1420. The van der Waals surface area contributed by atoms with Crippen LogP contribution < -0.4 is 9.47 Å². The summed E-state index contributed by atoms with van der Waals surface area (Å²) in [4.78, 5) is 25.7. The van der Waals surface area contributed by atoms with Gasteiger partial charge in [-0.05, 0) is 91.8 Å². The smallest absolute Gasteiger partial charge is 0.320 e. The van der Waals surface area contributed by atoms with Crippen LogP contribution in [0, 0.1) is 6.92 Å². The molecule has 1 N–H and O–H groups in total. The number of carboxylic acids is 1. The maximum atomic E-state index is 12.1. The number of aliphatic carboxylic acids is 1. The molecule has 2 aliphatic rings. The first-order valence-electron chi connectivity index (χ1n) is 15.6. The minimum atomic E-state index is -0.755. The van der Waals surface area contributed by atoms with Crippen molar-refractivity contribution in [1.29, 1.82) is 0 Å². The summed E-state index contributed by atoms with van der Waals surface area (Å²) >= 11 is 0.